The second-order valence-electron chi connectivity index (χ2n) is 4.07. The Labute approximate surface area is 101 Å². The molecule has 0 saturated heterocycles. The number of amides is 1. The van der Waals surface area contributed by atoms with Crippen molar-refractivity contribution >= 4 is 11.6 Å². The van der Waals surface area contributed by atoms with Crippen molar-refractivity contribution in [3.05, 3.63) is 24.3 Å². The van der Waals surface area contributed by atoms with E-state index in [1.165, 1.54) is 12.1 Å². The summed E-state index contributed by atoms with van der Waals surface area (Å²) in [5, 5.41) is 2.49. The van der Waals surface area contributed by atoms with Crippen LogP contribution in [0.2, 0.25) is 0 Å². The van der Waals surface area contributed by atoms with Gasteiger partial charge in [0.05, 0.1) is 5.92 Å². The number of ether oxygens (including phenoxy) is 1. The summed E-state index contributed by atoms with van der Waals surface area (Å²) >= 11 is 0. The molecule has 1 aliphatic rings. The van der Waals surface area contributed by atoms with E-state index in [-0.39, 0.29) is 29.3 Å². The maximum atomic E-state index is 12.0. The number of rotatable bonds is 3. The second-order valence-corrected chi connectivity index (χ2v) is 4.07. The molecule has 2 atom stereocenters. The van der Waals surface area contributed by atoms with E-state index >= 15 is 0 Å². The van der Waals surface area contributed by atoms with Crippen LogP contribution in [-0.2, 0) is 4.79 Å². The normalized spacial score (nSPS) is 22.4. The van der Waals surface area contributed by atoms with Gasteiger partial charge in [-0.25, -0.2) is 0 Å². The van der Waals surface area contributed by atoms with E-state index in [2.05, 4.69) is 10.1 Å². The summed E-state index contributed by atoms with van der Waals surface area (Å²) in [7, 11) is 0. The lowest BCUT2D eigenvalue weighted by Crippen LogP contribution is -2.19. The Morgan fingerprint density at radius 2 is 2.11 bits per heavy atom. The van der Waals surface area contributed by atoms with Crippen molar-refractivity contribution in [3.63, 3.8) is 0 Å². The summed E-state index contributed by atoms with van der Waals surface area (Å²) in [4.78, 5) is 11.5. The fraction of sp³-hybridized carbons (Fsp3) is 0.364. The van der Waals surface area contributed by atoms with E-state index in [0.717, 1.165) is 12.1 Å². The van der Waals surface area contributed by atoms with Crippen LogP contribution in [0, 0.1) is 5.92 Å². The molecule has 0 aliphatic heterocycles. The van der Waals surface area contributed by atoms with Gasteiger partial charge in [0, 0.05) is 17.8 Å². The van der Waals surface area contributed by atoms with Crippen LogP contribution in [0.4, 0.5) is 18.9 Å². The Morgan fingerprint density at radius 3 is 2.67 bits per heavy atom. The molecule has 1 fully saturated rings. The van der Waals surface area contributed by atoms with Crippen LogP contribution >= 0.6 is 0 Å². The zero-order chi connectivity index (χ0) is 13.3. The molecule has 2 rings (SSSR count). The number of nitrogens with one attached hydrogen (secondary N) is 1. The molecule has 0 spiro atoms. The van der Waals surface area contributed by atoms with Gasteiger partial charge >= 0.3 is 6.36 Å². The first-order valence-corrected chi connectivity index (χ1v) is 5.27. The number of alkyl halides is 3. The summed E-state index contributed by atoms with van der Waals surface area (Å²) in [5.74, 6) is -0.913. The lowest BCUT2D eigenvalue weighted by atomic mass is 10.3. The smallest absolute Gasteiger partial charge is 0.406 e. The predicted octanol–water partition coefficient (Wildman–Crippen LogP) is 1.87. The molecule has 1 aliphatic carbocycles. The van der Waals surface area contributed by atoms with Gasteiger partial charge in [0.2, 0.25) is 5.91 Å². The molecule has 7 heteroatoms. The highest BCUT2D eigenvalue weighted by atomic mass is 19.4. The molecular weight excluding hydrogens is 249 g/mol. The number of hydrogen-bond acceptors (Lipinski definition) is 3. The molecule has 1 aromatic rings. The number of anilines is 1. The summed E-state index contributed by atoms with van der Waals surface area (Å²) in [5.41, 5.74) is 5.75. The Bertz CT molecular complexity index is 462. The first-order chi connectivity index (χ1) is 8.35. The fourth-order valence-electron chi connectivity index (χ4n) is 1.52. The van der Waals surface area contributed by atoms with Gasteiger partial charge in [-0.3, -0.25) is 4.79 Å². The summed E-state index contributed by atoms with van der Waals surface area (Å²) < 4.78 is 39.7. The molecule has 3 N–H and O–H groups in total. The molecule has 2 unspecified atom stereocenters. The van der Waals surface area contributed by atoms with Crippen molar-refractivity contribution in [1.82, 2.24) is 0 Å². The lowest BCUT2D eigenvalue weighted by molar-refractivity contribution is -0.274. The number of nitrogens with two attached hydrogens (primary N) is 1. The standard InChI is InChI=1S/C11H11F3N2O2/c12-11(13,14)18-7-3-1-2-6(4-7)16-10(17)8-5-9(8)15/h1-4,8-9H,5,15H2,(H,16,17). The highest BCUT2D eigenvalue weighted by Crippen LogP contribution is 2.30. The van der Waals surface area contributed by atoms with Crippen molar-refractivity contribution in [2.75, 3.05) is 5.32 Å². The first-order valence-electron chi connectivity index (χ1n) is 5.27. The van der Waals surface area contributed by atoms with Gasteiger partial charge in [-0.15, -0.1) is 13.2 Å². The highest BCUT2D eigenvalue weighted by Gasteiger charge is 2.40. The first kappa shape index (κ1) is 12.7. The maximum Gasteiger partial charge on any atom is 0.573 e. The maximum absolute atomic E-state index is 12.0. The molecule has 0 heterocycles. The van der Waals surface area contributed by atoms with E-state index in [9.17, 15) is 18.0 Å². The Kier molecular flexibility index (Phi) is 3.16. The van der Waals surface area contributed by atoms with Gasteiger partial charge in [0.15, 0.2) is 0 Å². The minimum atomic E-state index is -4.75. The third kappa shape index (κ3) is 3.36. The van der Waals surface area contributed by atoms with Gasteiger partial charge in [-0.2, -0.15) is 0 Å². The molecule has 98 valence electrons. The number of carbonyl (C=O) groups excluding carboxylic acids is 1. The SMILES string of the molecule is NC1CC1C(=O)Nc1cccc(OC(F)(F)F)c1. The van der Waals surface area contributed by atoms with E-state index in [4.69, 9.17) is 5.73 Å². The van der Waals surface area contributed by atoms with Crippen LogP contribution in [0.1, 0.15) is 6.42 Å². The number of hydrogen-bond donors (Lipinski definition) is 2. The summed E-state index contributed by atoms with van der Waals surface area (Å²) in [6.45, 7) is 0. The third-order valence-electron chi connectivity index (χ3n) is 2.51. The van der Waals surface area contributed by atoms with Gasteiger partial charge in [0.1, 0.15) is 5.75 Å². The van der Waals surface area contributed by atoms with E-state index in [0.29, 0.717) is 6.42 Å². The molecule has 1 amide bonds. The quantitative estimate of drug-likeness (QED) is 0.872. The number of carbonyl (C=O) groups is 1. The van der Waals surface area contributed by atoms with E-state index in [1.54, 1.807) is 0 Å². The molecular formula is C11H11F3N2O2. The largest absolute Gasteiger partial charge is 0.573 e. The second kappa shape index (κ2) is 4.49. The molecule has 0 aromatic heterocycles. The molecule has 4 nitrogen and oxygen atoms in total. The molecule has 0 bridgehead atoms. The Balaban J connectivity index is 2.01. The van der Waals surface area contributed by atoms with Crippen molar-refractivity contribution in [1.29, 1.82) is 0 Å². The van der Waals surface area contributed by atoms with Crippen molar-refractivity contribution in [3.8, 4) is 5.75 Å². The minimum Gasteiger partial charge on any atom is -0.406 e. The third-order valence-corrected chi connectivity index (χ3v) is 2.51. The summed E-state index contributed by atoms with van der Waals surface area (Å²) in [6.07, 6.45) is -4.15. The lowest BCUT2D eigenvalue weighted by Gasteiger charge is -2.10. The number of halogens is 3. The van der Waals surface area contributed by atoms with Crippen LogP contribution in [0.15, 0.2) is 24.3 Å². The van der Waals surface area contributed by atoms with Crippen LogP contribution in [0.3, 0.4) is 0 Å². The average Bonchev–Trinajstić information content (AvgIpc) is 2.93. The van der Waals surface area contributed by atoms with Gasteiger partial charge < -0.3 is 15.8 Å². The Hall–Kier alpha value is -1.76. The number of benzene rings is 1. The van der Waals surface area contributed by atoms with Crippen LogP contribution < -0.4 is 15.8 Å². The fourth-order valence-corrected chi connectivity index (χ4v) is 1.52. The van der Waals surface area contributed by atoms with Crippen LogP contribution in [0.5, 0.6) is 5.75 Å². The topological polar surface area (TPSA) is 64.4 Å². The molecule has 1 saturated carbocycles. The van der Waals surface area contributed by atoms with Gasteiger partial charge in [0.25, 0.3) is 0 Å². The van der Waals surface area contributed by atoms with Crippen LogP contribution in [-0.4, -0.2) is 18.3 Å². The van der Waals surface area contributed by atoms with E-state index in [1.807, 2.05) is 0 Å². The molecule has 0 radical (unpaired) electrons. The highest BCUT2D eigenvalue weighted by molar-refractivity contribution is 5.95. The van der Waals surface area contributed by atoms with Crippen molar-refractivity contribution in [2.24, 2.45) is 11.7 Å². The monoisotopic (exact) mass is 260 g/mol. The van der Waals surface area contributed by atoms with Gasteiger partial charge in [-0.05, 0) is 18.6 Å². The predicted molar refractivity (Wildman–Crippen MR) is 57.8 cm³/mol. The zero-order valence-corrected chi connectivity index (χ0v) is 9.20. The molecule has 18 heavy (non-hydrogen) atoms. The van der Waals surface area contributed by atoms with E-state index < -0.39 is 6.36 Å². The Morgan fingerprint density at radius 1 is 1.44 bits per heavy atom. The van der Waals surface area contributed by atoms with Crippen LogP contribution in [0.25, 0.3) is 0 Å². The average molecular weight is 260 g/mol. The molecule has 1 aromatic carbocycles. The van der Waals surface area contributed by atoms with Crippen molar-refractivity contribution < 1.29 is 22.7 Å². The summed E-state index contributed by atoms with van der Waals surface area (Å²) in [6, 6.07) is 4.96. The zero-order valence-electron chi connectivity index (χ0n) is 9.20. The van der Waals surface area contributed by atoms with Crippen molar-refractivity contribution in [2.45, 2.75) is 18.8 Å². The van der Waals surface area contributed by atoms with Gasteiger partial charge in [-0.1, -0.05) is 6.07 Å². The minimum absolute atomic E-state index is 0.153.